The minimum Gasteiger partial charge on any atom is -0.369 e. The van der Waals surface area contributed by atoms with E-state index in [2.05, 4.69) is 33.1 Å². The van der Waals surface area contributed by atoms with E-state index in [4.69, 9.17) is 0 Å². The largest absolute Gasteiger partial charge is 0.369 e. The number of nitrogens with zero attached hydrogens (tertiary/aromatic N) is 2. The van der Waals surface area contributed by atoms with Gasteiger partial charge in [0.15, 0.2) is 0 Å². The first-order valence-corrected chi connectivity index (χ1v) is 9.65. The number of likely N-dealkylation sites (N-methyl/N-ethyl adjacent to an activating group) is 1. The fraction of sp³-hybridized carbons (Fsp3) is 0.273. The first kappa shape index (κ1) is 18.3. The number of benzene rings is 2. The van der Waals surface area contributed by atoms with Crippen LogP contribution in [0.3, 0.4) is 0 Å². The second-order valence-electron chi connectivity index (χ2n) is 7.02. The topological polar surface area (TPSA) is 68.4 Å². The van der Waals surface area contributed by atoms with Crippen LogP contribution in [-0.4, -0.2) is 48.5 Å². The quantitative estimate of drug-likeness (QED) is 0.735. The van der Waals surface area contributed by atoms with Gasteiger partial charge in [-0.1, -0.05) is 31.2 Å². The van der Waals surface area contributed by atoms with Gasteiger partial charge in [0.1, 0.15) is 0 Å². The number of hydrogen-bond donors (Lipinski definition) is 2. The molecular formula is C22H24N4O2. The van der Waals surface area contributed by atoms with Gasteiger partial charge in [-0.15, -0.1) is 0 Å². The van der Waals surface area contributed by atoms with Crippen LogP contribution < -0.4 is 15.8 Å². The third-order valence-corrected chi connectivity index (χ3v) is 5.28. The first-order chi connectivity index (χ1) is 13.6. The van der Waals surface area contributed by atoms with Crippen LogP contribution in [0.15, 0.2) is 59.4 Å². The molecule has 6 heteroatoms. The van der Waals surface area contributed by atoms with Crippen molar-refractivity contribution in [1.82, 2.24) is 9.88 Å². The average molecular weight is 376 g/mol. The fourth-order valence-corrected chi connectivity index (χ4v) is 3.69. The lowest BCUT2D eigenvalue weighted by molar-refractivity contribution is 0.102. The highest BCUT2D eigenvalue weighted by Crippen LogP contribution is 2.22. The van der Waals surface area contributed by atoms with Gasteiger partial charge in [-0.05, 0) is 30.8 Å². The van der Waals surface area contributed by atoms with Crippen LogP contribution in [0.4, 0.5) is 11.4 Å². The Bertz CT molecular complexity index is 1050. The standard InChI is InChI=1S/C22H24N4O2/c1-2-25-10-12-26(13-11-25)17-7-5-6-16(14-17)23-22(28)19-15-21(27)24-20-9-4-3-8-18(19)20/h3-9,14-15H,2,10-13H2,1H3,(H,23,28)(H,24,27). The lowest BCUT2D eigenvalue weighted by atomic mass is 10.1. The molecule has 2 aromatic carbocycles. The smallest absolute Gasteiger partial charge is 0.256 e. The highest BCUT2D eigenvalue weighted by molar-refractivity contribution is 6.12. The SMILES string of the molecule is CCN1CCN(c2cccc(NC(=O)c3cc(=O)[nH]c4ccccc34)c2)CC1. The predicted octanol–water partition coefficient (Wildman–Crippen LogP) is 2.92. The van der Waals surface area contributed by atoms with Gasteiger partial charge in [-0.2, -0.15) is 0 Å². The molecule has 28 heavy (non-hydrogen) atoms. The van der Waals surface area contributed by atoms with Crippen molar-refractivity contribution in [1.29, 1.82) is 0 Å². The summed E-state index contributed by atoms with van der Waals surface area (Å²) in [5.41, 5.74) is 2.57. The number of anilines is 2. The molecule has 144 valence electrons. The number of pyridine rings is 1. The molecule has 1 aromatic heterocycles. The minimum absolute atomic E-state index is 0.282. The van der Waals surface area contributed by atoms with Crippen LogP contribution in [-0.2, 0) is 0 Å². The number of aromatic nitrogens is 1. The molecular weight excluding hydrogens is 352 g/mol. The van der Waals surface area contributed by atoms with E-state index in [1.807, 2.05) is 36.4 Å². The van der Waals surface area contributed by atoms with E-state index >= 15 is 0 Å². The van der Waals surface area contributed by atoms with Crippen LogP contribution in [0.1, 0.15) is 17.3 Å². The van der Waals surface area contributed by atoms with Crippen LogP contribution in [0.2, 0.25) is 0 Å². The van der Waals surface area contributed by atoms with Crippen LogP contribution in [0.5, 0.6) is 0 Å². The number of carbonyl (C=O) groups is 1. The molecule has 3 aromatic rings. The summed E-state index contributed by atoms with van der Waals surface area (Å²) in [4.78, 5) is 32.3. The molecule has 0 unspecified atom stereocenters. The molecule has 1 saturated heterocycles. The molecule has 4 rings (SSSR count). The molecule has 0 saturated carbocycles. The number of fused-ring (bicyclic) bond motifs is 1. The lowest BCUT2D eigenvalue weighted by Crippen LogP contribution is -2.46. The second kappa shape index (κ2) is 7.86. The maximum Gasteiger partial charge on any atom is 0.256 e. The minimum atomic E-state index is -0.286. The van der Waals surface area contributed by atoms with Gasteiger partial charge in [0.25, 0.3) is 5.91 Å². The van der Waals surface area contributed by atoms with Gasteiger partial charge < -0.3 is 20.1 Å². The number of aromatic amines is 1. The Kier molecular flexibility index (Phi) is 5.12. The zero-order valence-corrected chi connectivity index (χ0v) is 15.9. The normalized spacial score (nSPS) is 15.0. The molecule has 2 N–H and O–H groups in total. The maximum absolute atomic E-state index is 12.9. The summed E-state index contributed by atoms with van der Waals surface area (Å²) in [6.07, 6.45) is 0. The van der Waals surface area contributed by atoms with E-state index in [0.717, 1.165) is 49.5 Å². The van der Waals surface area contributed by atoms with Crippen molar-refractivity contribution in [2.75, 3.05) is 42.9 Å². The number of piperazine rings is 1. The van der Waals surface area contributed by atoms with E-state index < -0.39 is 0 Å². The van der Waals surface area contributed by atoms with Crippen molar-refractivity contribution in [2.45, 2.75) is 6.92 Å². The third-order valence-electron chi connectivity index (χ3n) is 5.28. The van der Waals surface area contributed by atoms with Crippen molar-refractivity contribution < 1.29 is 4.79 Å². The summed E-state index contributed by atoms with van der Waals surface area (Å²) in [5.74, 6) is -0.282. The summed E-state index contributed by atoms with van der Waals surface area (Å²) >= 11 is 0. The Balaban J connectivity index is 1.55. The molecule has 1 amide bonds. The monoisotopic (exact) mass is 376 g/mol. The Labute approximate surface area is 163 Å². The van der Waals surface area contributed by atoms with E-state index in [0.29, 0.717) is 11.1 Å². The van der Waals surface area contributed by atoms with Crippen LogP contribution in [0, 0.1) is 0 Å². The molecule has 1 aliphatic rings. The molecule has 6 nitrogen and oxygen atoms in total. The van der Waals surface area contributed by atoms with Gasteiger partial charge in [0, 0.05) is 54.5 Å². The molecule has 0 aliphatic carbocycles. The Hall–Kier alpha value is -3.12. The van der Waals surface area contributed by atoms with Crippen molar-refractivity contribution in [3.63, 3.8) is 0 Å². The van der Waals surface area contributed by atoms with E-state index in [1.54, 1.807) is 6.07 Å². The zero-order chi connectivity index (χ0) is 19.5. The molecule has 1 fully saturated rings. The predicted molar refractivity (Wildman–Crippen MR) is 113 cm³/mol. The number of carbonyl (C=O) groups excluding carboxylic acids is 1. The number of rotatable bonds is 4. The second-order valence-corrected chi connectivity index (χ2v) is 7.02. The maximum atomic E-state index is 12.9. The fourth-order valence-electron chi connectivity index (χ4n) is 3.69. The third kappa shape index (κ3) is 3.77. The van der Waals surface area contributed by atoms with Crippen LogP contribution >= 0.6 is 0 Å². The zero-order valence-electron chi connectivity index (χ0n) is 15.9. The highest BCUT2D eigenvalue weighted by atomic mass is 16.2. The number of nitrogens with one attached hydrogen (secondary N) is 2. The summed E-state index contributed by atoms with van der Waals surface area (Å²) in [6.45, 7) is 7.31. The Morgan fingerprint density at radius 3 is 2.61 bits per heavy atom. The van der Waals surface area contributed by atoms with Crippen molar-refractivity contribution >= 4 is 28.2 Å². The summed E-state index contributed by atoms with van der Waals surface area (Å²) < 4.78 is 0. The number of H-pyrrole nitrogens is 1. The summed E-state index contributed by atoms with van der Waals surface area (Å²) in [6, 6.07) is 16.6. The van der Waals surface area contributed by atoms with E-state index in [-0.39, 0.29) is 11.5 Å². The average Bonchev–Trinajstić information content (AvgIpc) is 2.73. The summed E-state index contributed by atoms with van der Waals surface area (Å²) in [5, 5.41) is 3.68. The molecule has 1 aliphatic heterocycles. The number of amides is 1. The lowest BCUT2D eigenvalue weighted by Gasteiger charge is -2.35. The van der Waals surface area contributed by atoms with Gasteiger partial charge in [0.2, 0.25) is 5.56 Å². The first-order valence-electron chi connectivity index (χ1n) is 9.65. The molecule has 2 heterocycles. The highest BCUT2D eigenvalue weighted by Gasteiger charge is 2.17. The van der Waals surface area contributed by atoms with Crippen molar-refractivity contribution in [2.24, 2.45) is 0 Å². The van der Waals surface area contributed by atoms with E-state index in [1.165, 1.54) is 6.07 Å². The van der Waals surface area contributed by atoms with Crippen LogP contribution in [0.25, 0.3) is 10.9 Å². The molecule has 0 bridgehead atoms. The van der Waals surface area contributed by atoms with E-state index in [9.17, 15) is 9.59 Å². The van der Waals surface area contributed by atoms with Gasteiger partial charge in [-0.25, -0.2) is 0 Å². The van der Waals surface area contributed by atoms with Gasteiger partial charge in [-0.3, -0.25) is 9.59 Å². The summed E-state index contributed by atoms with van der Waals surface area (Å²) in [7, 11) is 0. The Morgan fingerprint density at radius 1 is 1.04 bits per heavy atom. The molecule has 0 spiro atoms. The number of hydrogen-bond acceptors (Lipinski definition) is 4. The number of para-hydroxylation sites is 1. The van der Waals surface area contributed by atoms with Gasteiger partial charge >= 0.3 is 0 Å². The van der Waals surface area contributed by atoms with Crippen molar-refractivity contribution in [3.8, 4) is 0 Å². The molecule has 0 radical (unpaired) electrons. The molecule has 0 atom stereocenters. The van der Waals surface area contributed by atoms with Gasteiger partial charge in [0.05, 0.1) is 5.56 Å². The van der Waals surface area contributed by atoms with Crippen molar-refractivity contribution in [3.05, 3.63) is 70.5 Å². The Morgan fingerprint density at radius 2 is 1.82 bits per heavy atom.